The molecule has 1 atom stereocenters. The molecule has 2 aliphatic heterocycles. The van der Waals surface area contributed by atoms with Gasteiger partial charge in [0.2, 0.25) is 5.91 Å². The first-order chi connectivity index (χ1) is 8.48. The van der Waals surface area contributed by atoms with Gasteiger partial charge in [-0.25, -0.2) is 0 Å². The summed E-state index contributed by atoms with van der Waals surface area (Å²) >= 11 is 0. The van der Waals surface area contributed by atoms with E-state index in [4.69, 9.17) is 4.74 Å². The third kappa shape index (κ3) is 3.45. The maximum absolute atomic E-state index is 11.1. The van der Waals surface area contributed by atoms with Gasteiger partial charge in [-0.15, -0.1) is 0 Å². The van der Waals surface area contributed by atoms with Crippen molar-refractivity contribution in [3.8, 4) is 0 Å². The van der Waals surface area contributed by atoms with Gasteiger partial charge in [-0.05, 0) is 59.0 Å². The molecule has 2 rings (SSSR count). The van der Waals surface area contributed by atoms with Crippen LogP contribution >= 0.6 is 0 Å². The summed E-state index contributed by atoms with van der Waals surface area (Å²) in [5.74, 6) is 0.752. The second-order valence-corrected chi connectivity index (χ2v) is 6.29. The van der Waals surface area contributed by atoms with Gasteiger partial charge in [-0.2, -0.15) is 0 Å². The Kier molecular flexibility index (Phi) is 4.28. The number of hydrogen-bond acceptors (Lipinski definition) is 3. The van der Waals surface area contributed by atoms with Crippen molar-refractivity contribution in [2.24, 2.45) is 5.92 Å². The molecule has 0 aromatic heterocycles. The third-order valence-electron chi connectivity index (χ3n) is 4.31. The molecule has 1 amide bonds. The molecule has 2 saturated heterocycles. The molecule has 0 bridgehead atoms. The minimum atomic E-state index is -0.154. The van der Waals surface area contributed by atoms with E-state index in [-0.39, 0.29) is 18.1 Å². The topological polar surface area (TPSA) is 41.6 Å². The minimum Gasteiger partial charge on any atom is -0.364 e. The average molecular weight is 254 g/mol. The molecular formula is C14H26N2O2. The van der Waals surface area contributed by atoms with E-state index in [0.29, 0.717) is 12.6 Å². The Balaban J connectivity index is 1.79. The van der Waals surface area contributed by atoms with Crippen LogP contribution in [0.1, 0.15) is 40.0 Å². The smallest absolute Gasteiger partial charge is 0.246 e. The van der Waals surface area contributed by atoms with Crippen LogP contribution in [0, 0.1) is 5.92 Å². The Labute approximate surface area is 110 Å². The minimum absolute atomic E-state index is 0.0158. The van der Waals surface area contributed by atoms with Gasteiger partial charge in [0.1, 0.15) is 6.61 Å². The van der Waals surface area contributed by atoms with E-state index in [1.807, 2.05) is 0 Å². The number of likely N-dealkylation sites (tertiary alicyclic amines) is 1. The average Bonchev–Trinajstić information content (AvgIpc) is 2.34. The van der Waals surface area contributed by atoms with Crippen molar-refractivity contribution in [3.05, 3.63) is 0 Å². The predicted octanol–water partition coefficient (Wildman–Crippen LogP) is 1.40. The molecular weight excluding hydrogens is 228 g/mol. The summed E-state index contributed by atoms with van der Waals surface area (Å²) in [6.07, 6.45) is 3.58. The van der Waals surface area contributed by atoms with Crippen molar-refractivity contribution in [2.75, 3.05) is 26.2 Å². The molecule has 0 saturated carbocycles. The molecule has 18 heavy (non-hydrogen) atoms. The summed E-state index contributed by atoms with van der Waals surface area (Å²) in [5, 5.41) is 2.91. The number of carbonyl (C=O) groups is 1. The first-order valence-electron chi connectivity index (χ1n) is 7.13. The Hall–Kier alpha value is -0.610. The van der Waals surface area contributed by atoms with Gasteiger partial charge in [0.25, 0.3) is 0 Å². The van der Waals surface area contributed by atoms with Gasteiger partial charge in [0, 0.05) is 12.6 Å². The number of hydrogen-bond donors (Lipinski definition) is 1. The fraction of sp³-hybridized carbons (Fsp3) is 0.929. The summed E-state index contributed by atoms with van der Waals surface area (Å²) in [4.78, 5) is 13.7. The predicted molar refractivity (Wildman–Crippen MR) is 71.4 cm³/mol. The number of rotatable bonds is 3. The Bertz CT molecular complexity index is 286. The summed E-state index contributed by atoms with van der Waals surface area (Å²) in [5.41, 5.74) is -0.154. The second kappa shape index (κ2) is 5.57. The maximum Gasteiger partial charge on any atom is 0.246 e. The van der Waals surface area contributed by atoms with Crippen LogP contribution in [-0.4, -0.2) is 48.7 Å². The van der Waals surface area contributed by atoms with Crippen molar-refractivity contribution < 1.29 is 9.53 Å². The number of nitrogens with zero attached hydrogens (tertiary/aromatic N) is 1. The number of carbonyl (C=O) groups excluding carboxylic acids is 1. The molecule has 4 heteroatoms. The van der Waals surface area contributed by atoms with Crippen LogP contribution in [0.3, 0.4) is 0 Å². The van der Waals surface area contributed by atoms with Crippen LogP contribution < -0.4 is 5.32 Å². The Morgan fingerprint density at radius 1 is 1.44 bits per heavy atom. The van der Waals surface area contributed by atoms with E-state index in [1.165, 1.54) is 25.9 Å². The lowest BCUT2D eigenvalue weighted by Gasteiger charge is -2.40. The summed E-state index contributed by atoms with van der Waals surface area (Å²) < 4.78 is 5.73. The second-order valence-electron chi connectivity index (χ2n) is 6.29. The van der Waals surface area contributed by atoms with Crippen LogP contribution in [0.4, 0.5) is 0 Å². The molecule has 4 nitrogen and oxygen atoms in total. The largest absolute Gasteiger partial charge is 0.364 e. The molecule has 1 N–H and O–H groups in total. The maximum atomic E-state index is 11.1. The monoisotopic (exact) mass is 254 g/mol. The molecule has 0 aliphatic carbocycles. The lowest BCUT2D eigenvalue weighted by molar-refractivity contribution is -0.144. The van der Waals surface area contributed by atoms with Crippen molar-refractivity contribution in [2.45, 2.75) is 51.7 Å². The van der Waals surface area contributed by atoms with Gasteiger partial charge in [0.05, 0.1) is 5.60 Å². The highest BCUT2D eigenvalue weighted by molar-refractivity contribution is 5.77. The van der Waals surface area contributed by atoms with Crippen LogP contribution in [0.5, 0.6) is 0 Å². The molecule has 0 spiro atoms. The zero-order chi connectivity index (χ0) is 13.2. The van der Waals surface area contributed by atoms with Crippen LogP contribution in [0.25, 0.3) is 0 Å². The lowest BCUT2D eigenvalue weighted by atomic mass is 9.84. The fourth-order valence-electron chi connectivity index (χ4n) is 3.04. The number of morpholine rings is 1. The molecule has 2 heterocycles. The number of amides is 1. The highest BCUT2D eigenvalue weighted by Gasteiger charge is 2.34. The van der Waals surface area contributed by atoms with Gasteiger partial charge < -0.3 is 15.0 Å². The number of nitrogens with one attached hydrogen (secondary N) is 1. The van der Waals surface area contributed by atoms with Crippen molar-refractivity contribution in [3.63, 3.8) is 0 Å². The van der Waals surface area contributed by atoms with E-state index in [1.54, 1.807) is 0 Å². The fourth-order valence-corrected chi connectivity index (χ4v) is 3.04. The first kappa shape index (κ1) is 13.8. The van der Waals surface area contributed by atoms with Crippen molar-refractivity contribution in [1.82, 2.24) is 10.2 Å². The lowest BCUT2D eigenvalue weighted by Crippen LogP contribution is -2.52. The normalized spacial score (nSPS) is 31.7. The van der Waals surface area contributed by atoms with E-state index in [9.17, 15) is 4.79 Å². The highest BCUT2D eigenvalue weighted by Crippen LogP contribution is 2.29. The van der Waals surface area contributed by atoms with E-state index in [0.717, 1.165) is 12.3 Å². The van der Waals surface area contributed by atoms with Crippen LogP contribution in [0.2, 0.25) is 0 Å². The molecule has 1 unspecified atom stereocenters. The molecule has 0 aromatic rings. The molecule has 0 radical (unpaired) electrons. The number of piperidine rings is 1. The zero-order valence-corrected chi connectivity index (χ0v) is 11.9. The highest BCUT2D eigenvalue weighted by atomic mass is 16.5. The first-order valence-corrected chi connectivity index (χ1v) is 7.13. The zero-order valence-electron chi connectivity index (χ0n) is 11.9. The quantitative estimate of drug-likeness (QED) is 0.828. The van der Waals surface area contributed by atoms with Gasteiger partial charge in [-0.1, -0.05) is 0 Å². The molecule has 104 valence electrons. The Morgan fingerprint density at radius 2 is 2.11 bits per heavy atom. The standard InChI is InChI=1S/C14H26N2O2/c1-11(2)16-6-4-12(5-7-16)8-14(3)10-15-13(17)9-18-14/h11-12H,4-10H2,1-3H3,(H,15,17). The van der Waals surface area contributed by atoms with Gasteiger partial charge >= 0.3 is 0 Å². The summed E-state index contributed by atoms with van der Waals surface area (Å²) in [7, 11) is 0. The van der Waals surface area contributed by atoms with Crippen LogP contribution in [0.15, 0.2) is 0 Å². The van der Waals surface area contributed by atoms with Gasteiger partial charge in [-0.3, -0.25) is 4.79 Å². The van der Waals surface area contributed by atoms with Crippen LogP contribution in [-0.2, 0) is 9.53 Å². The number of ether oxygens (including phenoxy) is 1. The van der Waals surface area contributed by atoms with E-state index in [2.05, 4.69) is 31.0 Å². The molecule has 2 fully saturated rings. The molecule has 2 aliphatic rings. The van der Waals surface area contributed by atoms with Crippen molar-refractivity contribution >= 4 is 5.91 Å². The Morgan fingerprint density at radius 3 is 2.61 bits per heavy atom. The van der Waals surface area contributed by atoms with E-state index < -0.39 is 0 Å². The van der Waals surface area contributed by atoms with E-state index >= 15 is 0 Å². The molecule has 0 aromatic carbocycles. The van der Waals surface area contributed by atoms with Crippen molar-refractivity contribution in [1.29, 1.82) is 0 Å². The summed E-state index contributed by atoms with van der Waals surface area (Å²) in [6.45, 7) is 9.94. The van der Waals surface area contributed by atoms with Gasteiger partial charge in [0.15, 0.2) is 0 Å². The third-order valence-corrected chi connectivity index (χ3v) is 4.31. The SMILES string of the molecule is CC(C)N1CCC(CC2(C)CNC(=O)CO2)CC1. The summed E-state index contributed by atoms with van der Waals surface area (Å²) in [6, 6.07) is 0.659.